The molecule has 0 radical (unpaired) electrons. The molecule has 3 heterocycles. The first-order valence-electron chi connectivity index (χ1n) is 10.4. The van der Waals surface area contributed by atoms with E-state index in [2.05, 4.69) is 17.6 Å². The summed E-state index contributed by atoms with van der Waals surface area (Å²) in [7, 11) is 0. The Balaban J connectivity index is 1.58. The molecule has 0 saturated carbocycles. The van der Waals surface area contributed by atoms with Gasteiger partial charge in [-0.3, -0.25) is 0 Å². The monoisotopic (exact) mass is 413 g/mol. The fourth-order valence-corrected chi connectivity index (χ4v) is 4.52. The molecule has 0 amide bonds. The van der Waals surface area contributed by atoms with Crippen LogP contribution in [0.2, 0.25) is 0 Å². The van der Waals surface area contributed by atoms with E-state index in [0.29, 0.717) is 23.7 Å². The number of benzene rings is 1. The summed E-state index contributed by atoms with van der Waals surface area (Å²) in [5.41, 5.74) is 4.30. The van der Waals surface area contributed by atoms with E-state index < -0.39 is 0 Å². The van der Waals surface area contributed by atoms with Gasteiger partial charge in [0.15, 0.2) is 0 Å². The number of ether oxygens (including phenoxy) is 2. The maximum Gasteiger partial charge on any atom is 0.335 e. The van der Waals surface area contributed by atoms with E-state index in [9.17, 15) is 4.79 Å². The van der Waals surface area contributed by atoms with Crippen molar-refractivity contribution in [2.45, 2.75) is 19.8 Å². The third-order valence-electron chi connectivity index (χ3n) is 5.91. The Morgan fingerprint density at radius 1 is 1.23 bits per heavy atom. The SMILES string of the molecule is C=C1/C(=C\c2c[nH]c3ccccc23)OC2=CC(C)=C(C(=O)OCC)C(c3ccco3)C12. The number of carbonyl (C=O) groups is 1. The highest BCUT2D eigenvalue weighted by atomic mass is 16.5. The molecule has 1 aliphatic carbocycles. The van der Waals surface area contributed by atoms with E-state index in [1.165, 1.54) is 0 Å². The summed E-state index contributed by atoms with van der Waals surface area (Å²) < 4.78 is 17.4. The Morgan fingerprint density at radius 3 is 2.84 bits per heavy atom. The van der Waals surface area contributed by atoms with Gasteiger partial charge in [-0.25, -0.2) is 4.79 Å². The van der Waals surface area contributed by atoms with Crippen molar-refractivity contribution < 1.29 is 18.7 Å². The van der Waals surface area contributed by atoms with Crippen molar-refractivity contribution in [2.75, 3.05) is 6.61 Å². The number of allylic oxidation sites excluding steroid dienone is 4. The molecule has 2 unspecified atom stereocenters. The fourth-order valence-electron chi connectivity index (χ4n) is 4.52. The van der Waals surface area contributed by atoms with Crippen LogP contribution in [0, 0.1) is 5.92 Å². The maximum absolute atomic E-state index is 12.9. The molecular weight excluding hydrogens is 390 g/mol. The number of hydrogen-bond acceptors (Lipinski definition) is 4. The van der Waals surface area contributed by atoms with Crippen molar-refractivity contribution >= 4 is 22.9 Å². The van der Waals surface area contributed by atoms with Crippen LogP contribution in [0.15, 0.2) is 94.2 Å². The summed E-state index contributed by atoms with van der Waals surface area (Å²) in [6, 6.07) is 11.8. The molecule has 0 spiro atoms. The third kappa shape index (κ3) is 3.13. The molecule has 156 valence electrons. The Kier molecular flexibility index (Phi) is 4.66. The number of hydrogen-bond donors (Lipinski definition) is 1. The molecule has 2 atom stereocenters. The van der Waals surface area contributed by atoms with Crippen LogP contribution >= 0.6 is 0 Å². The molecule has 2 aliphatic rings. The van der Waals surface area contributed by atoms with Gasteiger partial charge in [0, 0.05) is 22.7 Å². The van der Waals surface area contributed by atoms with Gasteiger partial charge in [-0.05, 0) is 55.3 Å². The summed E-state index contributed by atoms with van der Waals surface area (Å²) in [4.78, 5) is 16.1. The molecule has 5 rings (SSSR count). The number of rotatable bonds is 4. The molecule has 2 aromatic heterocycles. The van der Waals surface area contributed by atoms with Crippen molar-refractivity contribution in [3.8, 4) is 0 Å². The zero-order valence-corrected chi connectivity index (χ0v) is 17.5. The number of esters is 1. The second-order valence-electron chi connectivity index (χ2n) is 7.76. The highest BCUT2D eigenvalue weighted by molar-refractivity contribution is 5.93. The van der Waals surface area contributed by atoms with Crippen LogP contribution in [0.5, 0.6) is 0 Å². The van der Waals surface area contributed by atoms with Gasteiger partial charge < -0.3 is 18.9 Å². The molecule has 1 saturated heterocycles. The summed E-state index contributed by atoms with van der Waals surface area (Å²) >= 11 is 0. The first-order chi connectivity index (χ1) is 15.1. The number of furan rings is 1. The zero-order valence-electron chi connectivity index (χ0n) is 17.5. The Morgan fingerprint density at radius 2 is 2.06 bits per heavy atom. The van der Waals surface area contributed by atoms with Crippen molar-refractivity contribution in [3.63, 3.8) is 0 Å². The summed E-state index contributed by atoms with van der Waals surface area (Å²) in [5.74, 6) is 1.23. The van der Waals surface area contributed by atoms with E-state index in [1.807, 2.05) is 55.6 Å². The molecule has 0 bridgehead atoms. The topological polar surface area (TPSA) is 64.5 Å². The predicted octanol–water partition coefficient (Wildman–Crippen LogP) is 5.87. The quantitative estimate of drug-likeness (QED) is 0.544. The standard InChI is InChI=1S/C26H23NO4/c1-4-29-26(28)23-15(2)12-22-24(25(23)20-10-7-11-30-20)16(3)21(31-22)13-17-14-27-19-9-6-5-8-18(17)19/h5-14,24-25,27H,3-4H2,1-2H3/b21-13+. The lowest BCUT2D eigenvalue weighted by atomic mass is 9.74. The number of aromatic nitrogens is 1. The van der Waals surface area contributed by atoms with Gasteiger partial charge >= 0.3 is 5.97 Å². The second-order valence-corrected chi connectivity index (χ2v) is 7.76. The van der Waals surface area contributed by atoms with Gasteiger partial charge in [-0.15, -0.1) is 0 Å². The van der Waals surface area contributed by atoms with E-state index in [-0.39, 0.29) is 17.8 Å². The van der Waals surface area contributed by atoms with Crippen LogP contribution in [0.3, 0.4) is 0 Å². The molecule has 1 fully saturated rings. The molecule has 31 heavy (non-hydrogen) atoms. The normalized spacial score (nSPS) is 21.9. The van der Waals surface area contributed by atoms with E-state index in [4.69, 9.17) is 13.9 Å². The number of para-hydroxylation sites is 1. The lowest BCUT2D eigenvalue weighted by molar-refractivity contribution is -0.139. The van der Waals surface area contributed by atoms with Gasteiger partial charge in [-0.1, -0.05) is 24.8 Å². The highest BCUT2D eigenvalue weighted by Gasteiger charge is 2.46. The molecule has 3 aromatic rings. The minimum absolute atomic E-state index is 0.231. The van der Waals surface area contributed by atoms with Crippen LogP contribution in [-0.2, 0) is 14.3 Å². The van der Waals surface area contributed by atoms with Gasteiger partial charge in [-0.2, -0.15) is 0 Å². The molecule has 1 N–H and O–H groups in total. The van der Waals surface area contributed by atoms with Crippen LogP contribution in [0.25, 0.3) is 17.0 Å². The van der Waals surface area contributed by atoms with E-state index >= 15 is 0 Å². The maximum atomic E-state index is 12.9. The lowest BCUT2D eigenvalue weighted by Crippen LogP contribution is -2.25. The average Bonchev–Trinajstić information content (AvgIpc) is 3.48. The molecule has 1 aliphatic heterocycles. The average molecular weight is 413 g/mol. The first kappa shape index (κ1) is 19.2. The van der Waals surface area contributed by atoms with Crippen molar-refractivity contribution in [3.05, 3.63) is 101 Å². The Bertz CT molecular complexity index is 1270. The lowest BCUT2D eigenvalue weighted by Gasteiger charge is -2.28. The minimum Gasteiger partial charge on any atom is -0.469 e. The van der Waals surface area contributed by atoms with Crippen molar-refractivity contribution in [1.82, 2.24) is 4.98 Å². The number of carbonyl (C=O) groups excluding carboxylic acids is 1. The van der Waals surface area contributed by atoms with Crippen LogP contribution in [0.4, 0.5) is 0 Å². The highest BCUT2D eigenvalue weighted by Crippen LogP contribution is 2.52. The summed E-state index contributed by atoms with van der Waals surface area (Å²) in [6.45, 7) is 8.36. The minimum atomic E-state index is -0.351. The van der Waals surface area contributed by atoms with E-state index in [1.54, 1.807) is 13.2 Å². The number of fused-ring (bicyclic) bond motifs is 2. The Labute approximate surface area is 180 Å². The van der Waals surface area contributed by atoms with Crippen molar-refractivity contribution in [1.29, 1.82) is 0 Å². The predicted molar refractivity (Wildman–Crippen MR) is 119 cm³/mol. The molecule has 1 aromatic carbocycles. The zero-order chi connectivity index (χ0) is 21.5. The fraction of sp³-hybridized carbons (Fsp3) is 0.192. The number of H-pyrrole nitrogens is 1. The van der Waals surface area contributed by atoms with Crippen LogP contribution in [-0.4, -0.2) is 17.6 Å². The number of nitrogens with one attached hydrogen (secondary N) is 1. The molecule has 5 heteroatoms. The first-order valence-corrected chi connectivity index (χ1v) is 10.4. The molecular formula is C26H23NO4. The smallest absolute Gasteiger partial charge is 0.335 e. The van der Waals surface area contributed by atoms with E-state index in [0.717, 1.165) is 33.4 Å². The third-order valence-corrected chi connectivity index (χ3v) is 5.91. The van der Waals surface area contributed by atoms with Gasteiger partial charge in [0.25, 0.3) is 0 Å². The van der Waals surface area contributed by atoms with Crippen molar-refractivity contribution in [2.24, 2.45) is 5.92 Å². The number of aromatic amines is 1. The molecule has 5 nitrogen and oxygen atoms in total. The summed E-state index contributed by atoms with van der Waals surface area (Å²) in [6.07, 6.45) is 7.49. The van der Waals surface area contributed by atoms with Gasteiger partial charge in [0.05, 0.1) is 30.3 Å². The Hall–Kier alpha value is -3.73. The van der Waals surface area contributed by atoms with Crippen LogP contribution < -0.4 is 0 Å². The second kappa shape index (κ2) is 7.51. The largest absolute Gasteiger partial charge is 0.469 e. The summed E-state index contributed by atoms with van der Waals surface area (Å²) in [5, 5.41) is 1.11. The van der Waals surface area contributed by atoms with Gasteiger partial charge in [0.2, 0.25) is 0 Å². The van der Waals surface area contributed by atoms with Crippen LogP contribution in [0.1, 0.15) is 31.1 Å². The van der Waals surface area contributed by atoms with Gasteiger partial charge in [0.1, 0.15) is 17.3 Å².